The van der Waals surface area contributed by atoms with Crippen LogP contribution in [-0.2, 0) is 10.8 Å². The third-order valence-corrected chi connectivity index (χ3v) is 10.5. The fourth-order valence-electron chi connectivity index (χ4n) is 2.34. The molecule has 0 aliphatic heterocycles. The van der Waals surface area contributed by atoms with E-state index in [0.717, 1.165) is 0 Å². The Morgan fingerprint density at radius 1 is 0.640 bits per heavy atom. The average Bonchev–Trinajstić information content (AvgIpc) is 2.87. The monoisotopic (exact) mass is 436 g/mol. The van der Waals surface area contributed by atoms with Gasteiger partial charge >= 0.3 is 0 Å². The van der Waals surface area contributed by atoms with Crippen LogP contribution >= 0.6 is 58.4 Å². The van der Waals surface area contributed by atoms with Crippen LogP contribution < -0.4 is 0 Å². The predicted molar refractivity (Wildman–Crippen MR) is 129 cm³/mol. The molecule has 0 saturated heterocycles. The lowest BCUT2D eigenvalue weighted by molar-refractivity contribution is 0.585. The summed E-state index contributed by atoms with van der Waals surface area (Å²) < 4.78 is 0. The van der Waals surface area contributed by atoms with E-state index in [2.05, 4.69) is 114 Å². The predicted octanol–water partition coefficient (Wildman–Crippen LogP) is 8.03. The Morgan fingerprint density at radius 2 is 1.00 bits per heavy atom. The molecule has 5 heteroatoms. The summed E-state index contributed by atoms with van der Waals surface area (Å²) in [7, 11) is 0. The third-order valence-electron chi connectivity index (χ3n) is 3.54. The van der Waals surface area contributed by atoms with Crippen LogP contribution in [0.25, 0.3) is 0 Å². The van der Waals surface area contributed by atoms with E-state index in [1.165, 1.54) is 34.5 Å². The highest BCUT2D eigenvalue weighted by Gasteiger charge is 2.31. The quantitative estimate of drug-likeness (QED) is 0.269. The maximum absolute atomic E-state index is 2.37. The first-order valence-corrected chi connectivity index (χ1v) is 14.3. The Hall–Kier alpha value is 1.10. The van der Waals surface area contributed by atoms with Gasteiger partial charge in [0.15, 0.2) is 0 Å². The van der Waals surface area contributed by atoms with Gasteiger partial charge in [-0.2, -0.15) is 23.5 Å². The molecule has 0 N–H and O–H groups in total. The second-order valence-electron chi connectivity index (χ2n) is 8.01. The summed E-state index contributed by atoms with van der Waals surface area (Å²) in [5.41, 5.74) is 0.448. The van der Waals surface area contributed by atoms with Gasteiger partial charge in [-0.25, -0.2) is 0 Å². The third kappa shape index (κ3) is 7.93. The minimum absolute atomic E-state index is 0.224. The molecule has 25 heavy (non-hydrogen) atoms. The van der Waals surface area contributed by atoms with Crippen molar-refractivity contribution in [3.63, 3.8) is 0 Å². The van der Waals surface area contributed by atoms with E-state index < -0.39 is 0 Å². The molecule has 0 aliphatic rings. The van der Waals surface area contributed by atoms with Crippen LogP contribution in [0.15, 0.2) is 9.79 Å². The number of rotatable bonds is 10. The fraction of sp³-hybridized carbons (Fsp3) is 0.800. The summed E-state index contributed by atoms with van der Waals surface area (Å²) in [6.07, 6.45) is 0. The molecule has 0 spiro atoms. The van der Waals surface area contributed by atoms with Gasteiger partial charge < -0.3 is 0 Å². The number of thiophene rings is 1. The van der Waals surface area contributed by atoms with E-state index in [-0.39, 0.29) is 10.8 Å². The summed E-state index contributed by atoms with van der Waals surface area (Å²) in [6, 6.07) is 0. The number of thioether (sulfide) groups is 4. The molecule has 0 fully saturated rings. The minimum Gasteiger partial charge on any atom is -0.161 e. The first-order chi connectivity index (χ1) is 11.6. The van der Waals surface area contributed by atoms with Crippen molar-refractivity contribution >= 4 is 58.4 Å². The Kier molecular flexibility index (Phi) is 10.8. The van der Waals surface area contributed by atoms with Gasteiger partial charge in [0.2, 0.25) is 0 Å². The van der Waals surface area contributed by atoms with Gasteiger partial charge in [0, 0.05) is 42.6 Å². The van der Waals surface area contributed by atoms with Gasteiger partial charge in [0.05, 0.1) is 0 Å². The Labute approximate surface area is 177 Å². The van der Waals surface area contributed by atoms with Crippen LogP contribution in [-0.4, -0.2) is 34.5 Å². The van der Waals surface area contributed by atoms with Gasteiger partial charge in [0.25, 0.3) is 0 Å². The topological polar surface area (TPSA) is 0 Å². The van der Waals surface area contributed by atoms with Gasteiger partial charge in [-0.3, -0.25) is 0 Å². The van der Waals surface area contributed by atoms with Gasteiger partial charge in [-0.15, -0.1) is 34.9 Å². The van der Waals surface area contributed by atoms with E-state index in [1.807, 2.05) is 0 Å². The molecule has 0 atom stereocenters. The maximum atomic E-state index is 2.37. The van der Waals surface area contributed by atoms with Gasteiger partial charge in [0.1, 0.15) is 0 Å². The first kappa shape index (κ1) is 24.1. The molecule has 0 aromatic carbocycles. The van der Waals surface area contributed by atoms with Gasteiger partial charge in [-0.1, -0.05) is 55.4 Å². The molecule has 1 aromatic rings. The highest BCUT2D eigenvalue weighted by molar-refractivity contribution is 8.05. The van der Waals surface area contributed by atoms with Crippen LogP contribution in [0, 0.1) is 0 Å². The zero-order chi connectivity index (χ0) is 19.1. The van der Waals surface area contributed by atoms with Crippen molar-refractivity contribution in [2.45, 2.75) is 76.0 Å². The zero-order valence-electron chi connectivity index (χ0n) is 17.3. The molecule has 0 unspecified atom stereocenters. The average molecular weight is 437 g/mol. The standard InChI is InChI=1S/C20H36S5/c1-9-21-11-13-23-15-16(24-14-12-22-10-2)18(20(6,7)8)25-17(15)19(3,4)5/h9-14H2,1-8H3. The zero-order valence-corrected chi connectivity index (χ0v) is 21.4. The van der Waals surface area contributed by atoms with E-state index >= 15 is 0 Å². The minimum atomic E-state index is 0.224. The van der Waals surface area contributed by atoms with Gasteiger partial charge in [-0.05, 0) is 22.3 Å². The molecule has 0 bridgehead atoms. The summed E-state index contributed by atoms with van der Waals surface area (Å²) in [5.74, 6) is 7.39. The summed E-state index contributed by atoms with van der Waals surface area (Å²) in [6.45, 7) is 18.7. The van der Waals surface area contributed by atoms with E-state index in [4.69, 9.17) is 0 Å². The normalized spacial score (nSPS) is 12.8. The molecule has 1 aromatic heterocycles. The lowest BCUT2D eigenvalue weighted by atomic mass is 9.93. The molecular weight excluding hydrogens is 401 g/mol. The lowest BCUT2D eigenvalue weighted by Crippen LogP contribution is -2.10. The second kappa shape index (κ2) is 11.2. The van der Waals surface area contributed by atoms with E-state index in [0.29, 0.717) is 0 Å². The van der Waals surface area contributed by atoms with Crippen LogP contribution in [0.2, 0.25) is 0 Å². The van der Waals surface area contributed by atoms with Crippen molar-refractivity contribution in [3.8, 4) is 0 Å². The number of hydrogen-bond acceptors (Lipinski definition) is 5. The molecule has 0 radical (unpaired) electrons. The Balaban J connectivity index is 3.17. The lowest BCUT2D eigenvalue weighted by Gasteiger charge is -2.19. The van der Waals surface area contributed by atoms with Crippen molar-refractivity contribution in [2.24, 2.45) is 0 Å². The Morgan fingerprint density at radius 3 is 1.28 bits per heavy atom. The molecular formula is C20H36S5. The van der Waals surface area contributed by atoms with Crippen LogP contribution in [0.5, 0.6) is 0 Å². The fourth-order valence-corrected chi connectivity index (χ4v) is 8.57. The summed E-state index contributed by atoms with van der Waals surface area (Å²) >= 11 is 10.4. The van der Waals surface area contributed by atoms with Crippen LogP contribution in [0.4, 0.5) is 0 Å². The molecule has 0 amide bonds. The van der Waals surface area contributed by atoms with Crippen molar-refractivity contribution in [2.75, 3.05) is 34.5 Å². The van der Waals surface area contributed by atoms with Crippen LogP contribution in [0.1, 0.15) is 65.1 Å². The molecule has 0 aliphatic carbocycles. The van der Waals surface area contributed by atoms with E-state index in [9.17, 15) is 0 Å². The highest BCUT2D eigenvalue weighted by Crippen LogP contribution is 2.50. The number of hydrogen-bond donors (Lipinski definition) is 0. The highest BCUT2D eigenvalue weighted by atomic mass is 32.2. The van der Waals surface area contributed by atoms with Crippen molar-refractivity contribution < 1.29 is 0 Å². The maximum Gasteiger partial charge on any atom is 0.0356 e. The van der Waals surface area contributed by atoms with Crippen molar-refractivity contribution in [1.82, 2.24) is 0 Å². The van der Waals surface area contributed by atoms with Crippen molar-refractivity contribution in [3.05, 3.63) is 9.75 Å². The summed E-state index contributed by atoms with van der Waals surface area (Å²) in [5, 5.41) is 0. The smallest absolute Gasteiger partial charge is 0.0356 e. The SMILES string of the molecule is CCSCCSc1c(C(C)(C)C)sc(C(C)(C)C)c1SCCSCC. The summed E-state index contributed by atoms with van der Waals surface area (Å²) in [4.78, 5) is 6.36. The second-order valence-corrected chi connectivity index (χ2v) is 14.0. The molecule has 146 valence electrons. The molecule has 0 nitrogen and oxygen atoms in total. The first-order valence-electron chi connectivity index (χ1n) is 9.21. The molecule has 1 rings (SSSR count). The largest absolute Gasteiger partial charge is 0.161 e. The molecule has 0 saturated carbocycles. The molecule has 1 heterocycles. The van der Waals surface area contributed by atoms with E-state index in [1.54, 1.807) is 19.5 Å². The van der Waals surface area contributed by atoms with Crippen LogP contribution in [0.3, 0.4) is 0 Å². The van der Waals surface area contributed by atoms with Crippen molar-refractivity contribution in [1.29, 1.82) is 0 Å². The Bertz CT molecular complexity index is 461.